The summed E-state index contributed by atoms with van der Waals surface area (Å²) in [5.74, 6) is 0.0701. The molecule has 2 N–H and O–H groups in total. The van der Waals surface area contributed by atoms with Crippen molar-refractivity contribution in [1.82, 2.24) is 20.0 Å². The normalized spacial score (nSPS) is 13.6. The number of rotatable bonds is 6. The molecule has 1 aliphatic rings. The smallest absolute Gasteiger partial charge is 0.319 e. The molecule has 1 aromatic carbocycles. The van der Waals surface area contributed by atoms with Crippen LogP contribution < -0.4 is 10.6 Å². The quantitative estimate of drug-likeness (QED) is 0.752. The van der Waals surface area contributed by atoms with E-state index in [-0.39, 0.29) is 11.9 Å². The van der Waals surface area contributed by atoms with Gasteiger partial charge in [-0.15, -0.1) is 0 Å². The van der Waals surface area contributed by atoms with Crippen molar-refractivity contribution < 1.29 is 9.59 Å². The summed E-state index contributed by atoms with van der Waals surface area (Å²) in [5, 5.41) is 10.1. The molecule has 2 aromatic rings. The lowest BCUT2D eigenvalue weighted by atomic mass is 10.1. The Balaban J connectivity index is 1.47. The maximum atomic E-state index is 12.5. The molecule has 2 heterocycles. The third kappa shape index (κ3) is 4.91. The largest absolute Gasteiger partial charge is 0.339 e. The van der Waals surface area contributed by atoms with Crippen LogP contribution in [0.5, 0.6) is 0 Å². The number of hydrogen-bond donors (Lipinski definition) is 2. The molecule has 0 unspecified atom stereocenters. The summed E-state index contributed by atoms with van der Waals surface area (Å²) in [6, 6.07) is 7.23. The number of urea groups is 1. The molecule has 3 rings (SSSR count). The van der Waals surface area contributed by atoms with Gasteiger partial charge in [-0.2, -0.15) is 5.10 Å². The molecule has 150 valence electrons. The van der Waals surface area contributed by atoms with Gasteiger partial charge in [0.15, 0.2) is 0 Å². The summed E-state index contributed by atoms with van der Waals surface area (Å²) in [4.78, 5) is 26.5. The minimum Gasteiger partial charge on any atom is -0.339 e. The molecule has 1 aliphatic heterocycles. The molecule has 28 heavy (non-hydrogen) atoms. The van der Waals surface area contributed by atoms with Crippen LogP contribution in [0.3, 0.4) is 0 Å². The number of aromatic nitrogens is 2. The van der Waals surface area contributed by atoms with Gasteiger partial charge in [-0.3, -0.25) is 9.48 Å². The Kier molecular flexibility index (Phi) is 6.34. The standard InChI is InChI=1S/C21H29N5O2/c1-15-13-18(20(27)25-10-4-5-11-25)7-8-19(15)23-21(28)22-9-6-12-26-17(3)14-16(2)24-26/h7-8,13-14H,4-6,9-12H2,1-3H3,(H2,22,23,28). The van der Waals surface area contributed by atoms with Gasteiger partial charge in [0.25, 0.3) is 5.91 Å². The number of nitrogens with one attached hydrogen (secondary N) is 2. The number of anilines is 1. The van der Waals surface area contributed by atoms with Gasteiger partial charge < -0.3 is 15.5 Å². The number of benzene rings is 1. The molecule has 7 nitrogen and oxygen atoms in total. The van der Waals surface area contributed by atoms with Crippen molar-refractivity contribution in [2.24, 2.45) is 0 Å². The van der Waals surface area contributed by atoms with Gasteiger partial charge in [0.2, 0.25) is 0 Å². The first kappa shape index (κ1) is 19.9. The minimum absolute atomic E-state index is 0.0701. The second-order valence-electron chi connectivity index (χ2n) is 7.41. The molecule has 0 bridgehead atoms. The van der Waals surface area contributed by atoms with E-state index < -0.39 is 0 Å². The van der Waals surface area contributed by atoms with Gasteiger partial charge in [0.05, 0.1) is 5.69 Å². The predicted molar refractivity (Wildman–Crippen MR) is 110 cm³/mol. The topological polar surface area (TPSA) is 79.3 Å². The van der Waals surface area contributed by atoms with Crippen LogP contribution in [0.15, 0.2) is 24.3 Å². The summed E-state index contributed by atoms with van der Waals surface area (Å²) in [7, 11) is 0. The Hall–Kier alpha value is -2.83. The van der Waals surface area contributed by atoms with Crippen LogP contribution in [0.4, 0.5) is 10.5 Å². The Labute approximate surface area is 166 Å². The first-order valence-electron chi connectivity index (χ1n) is 9.90. The monoisotopic (exact) mass is 383 g/mol. The maximum Gasteiger partial charge on any atom is 0.319 e. The van der Waals surface area contributed by atoms with Crippen LogP contribution in [-0.2, 0) is 6.54 Å². The van der Waals surface area contributed by atoms with Gasteiger partial charge in [-0.05, 0) is 69.9 Å². The van der Waals surface area contributed by atoms with E-state index in [0.29, 0.717) is 17.8 Å². The molecule has 1 fully saturated rings. The summed E-state index contributed by atoms with van der Waals surface area (Å²) in [5.41, 5.74) is 4.40. The van der Waals surface area contributed by atoms with E-state index in [9.17, 15) is 9.59 Å². The molecule has 3 amide bonds. The highest BCUT2D eigenvalue weighted by Crippen LogP contribution is 2.19. The molecule has 1 saturated heterocycles. The van der Waals surface area contributed by atoms with Gasteiger partial charge in [0.1, 0.15) is 0 Å². The van der Waals surface area contributed by atoms with Gasteiger partial charge in [0, 0.05) is 43.1 Å². The van der Waals surface area contributed by atoms with Crippen LogP contribution >= 0.6 is 0 Å². The highest BCUT2D eigenvalue weighted by atomic mass is 16.2. The summed E-state index contributed by atoms with van der Waals surface area (Å²) in [6.45, 7) is 8.90. The second kappa shape index (κ2) is 8.91. The average molecular weight is 383 g/mol. The van der Waals surface area contributed by atoms with Crippen LogP contribution in [-0.4, -0.2) is 46.3 Å². The van der Waals surface area contributed by atoms with Crippen LogP contribution in [0.1, 0.15) is 46.6 Å². The second-order valence-corrected chi connectivity index (χ2v) is 7.41. The zero-order valence-electron chi connectivity index (χ0n) is 16.9. The fourth-order valence-electron chi connectivity index (χ4n) is 3.54. The zero-order valence-corrected chi connectivity index (χ0v) is 16.9. The molecule has 0 saturated carbocycles. The third-order valence-corrected chi connectivity index (χ3v) is 5.05. The highest BCUT2D eigenvalue weighted by molar-refractivity contribution is 5.96. The molecular formula is C21H29N5O2. The van der Waals surface area contributed by atoms with E-state index in [1.807, 2.05) is 42.5 Å². The van der Waals surface area contributed by atoms with Crippen molar-refractivity contribution in [1.29, 1.82) is 0 Å². The number of nitrogens with zero attached hydrogens (tertiary/aromatic N) is 3. The van der Waals surface area contributed by atoms with E-state index in [1.165, 1.54) is 0 Å². The average Bonchev–Trinajstić information content (AvgIpc) is 3.29. The molecule has 0 aliphatic carbocycles. The molecular weight excluding hydrogens is 354 g/mol. The van der Waals surface area contributed by atoms with Gasteiger partial charge >= 0.3 is 6.03 Å². The van der Waals surface area contributed by atoms with E-state index in [1.54, 1.807) is 12.1 Å². The van der Waals surface area contributed by atoms with Crippen molar-refractivity contribution in [2.75, 3.05) is 25.0 Å². The van der Waals surface area contributed by atoms with Crippen molar-refractivity contribution in [3.05, 3.63) is 46.8 Å². The fraction of sp³-hybridized carbons (Fsp3) is 0.476. The first-order chi connectivity index (χ1) is 13.4. The number of amides is 3. The Morgan fingerprint density at radius 3 is 2.50 bits per heavy atom. The van der Waals surface area contributed by atoms with Gasteiger partial charge in [-0.1, -0.05) is 0 Å². The van der Waals surface area contributed by atoms with Crippen LogP contribution in [0.2, 0.25) is 0 Å². The molecule has 0 radical (unpaired) electrons. The highest BCUT2D eigenvalue weighted by Gasteiger charge is 2.20. The number of likely N-dealkylation sites (tertiary alicyclic amines) is 1. The summed E-state index contributed by atoms with van der Waals surface area (Å²) < 4.78 is 1.95. The lowest BCUT2D eigenvalue weighted by Crippen LogP contribution is -2.30. The third-order valence-electron chi connectivity index (χ3n) is 5.05. The number of carbonyl (C=O) groups is 2. The lowest BCUT2D eigenvalue weighted by Gasteiger charge is -2.16. The Bertz CT molecular complexity index is 852. The lowest BCUT2D eigenvalue weighted by molar-refractivity contribution is 0.0792. The van der Waals surface area contributed by atoms with E-state index in [0.717, 1.165) is 55.8 Å². The van der Waals surface area contributed by atoms with E-state index in [2.05, 4.69) is 15.7 Å². The van der Waals surface area contributed by atoms with Crippen molar-refractivity contribution in [2.45, 2.75) is 46.6 Å². The molecule has 0 spiro atoms. The number of aryl methyl sites for hydroxylation is 4. The van der Waals surface area contributed by atoms with E-state index >= 15 is 0 Å². The van der Waals surface area contributed by atoms with Crippen molar-refractivity contribution >= 4 is 17.6 Å². The Morgan fingerprint density at radius 1 is 1.11 bits per heavy atom. The Morgan fingerprint density at radius 2 is 1.86 bits per heavy atom. The van der Waals surface area contributed by atoms with Crippen LogP contribution in [0.25, 0.3) is 0 Å². The molecule has 1 aromatic heterocycles. The number of hydrogen-bond acceptors (Lipinski definition) is 3. The van der Waals surface area contributed by atoms with Crippen molar-refractivity contribution in [3.63, 3.8) is 0 Å². The summed E-state index contributed by atoms with van der Waals surface area (Å²) >= 11 is 0. The van der Waals surface area contributed by atoms with E-state index in [4.69, 9.17) is 0 Å². The number of carbonyl (C=O) groups excluding carboxylic acids is 2. The molecule has 7 heteroatoms. The zero-order chi connectivity index (χ0) is 20.1. The van der Waals surface area contributed by atoms with Crippen molar-refractivity contribution in [3.8, 4) is 0 Å². The molecule has 0 atom stereocenters. The maximum absolute atomic E-state index is 12.5. The SMILES string of the molecule is Cc1cc(C)n(CCCNC(=O)Nc2ccc(C(=O)N3CCCC3)cc2C)n1. The van der Waals surface area contributed by atoms with Crippen LogP contribution in [0, 0.1) is 20.8 Å². The minimum atomic E-state index is -0.241. The predicted octanol–water partition coefficient (Wildman–Crippen LogP) is 3.26. The summed E-state index contributed by atoms with van der Waals surface area (Å²) in [6.07, 6.45) is 2.95. The van der Waals surface area contributed by atoms with Gasteiger partial charge in [-0.25, -0.2) is 4.79 Å². The first-order valence-corrected chi connectivity index (χ1v) is 9.90. The fourth-order valence-corrected chi connectivity index (χ4v) is 3.54.